The van der Waals surface area contributed by atoms with Crippen LogP contribution in [0.2, 0.25) is 0 Å². The fraction of sp³-hybridized carbons (Fsp3) is 0.438. The highest BCUT2D eigenvalue weighted by Crippen LogP contribution is 2.33. The maximum atomic E-state index is 10.2. The maximum absolute atomic E-state index is 10.2. The van der Waals surface area contributed by atoms with E-state index in [0.717, 1.165) is 59.9 Å². The average molecular weight is 646 g/mol. The highest BCUT2D eigenvalue weighted by atomic mass is 79.9. The fourth-order valence-electron chi connectivity index (χ4n) is 5.17. The number of hydrogen-bond acceptors (Lipinski definition) is 7. The average Bonchev–Trinajstić information content (AvgIpc) is 2.99. The van der Waals surface area contributed by atoms with Crippen molar-refractivity contribution in [2.75, 3.05) is 46.6 Å². The Kier molecular flexibility index (Phi) is 12.7. The van der Waals surface area contributed by atoms with Crippen molar-refractivity contribution >= 4 is 27.0 Å². The first-order chi connectivity index (χ1) is 19.9. The molecule has 0 bridgehead atoms. The molecule has 2 atom stereocenters. The Labute approximate surface area is 254 Å². The monoisotopic (exact) mass is 644 g/mol. The number of piperidine rings is 1. The third-order valence-corrected chi connectivity index (χ3v) is 8.82. The van der Waals surface area contributed by atoms with E-state index in [4.69, 9.17) is 14.2 Å². The minimum atomic E-state index is -2.08. The predicted octanol–water partition coefficient (Wildman–Crippen LogP) is 5.71. The molecule has 5 rings (SSSR count). The van der Waals surface area contributed by atoms with Gasteiger partial charge in [-0.15, -0.1) is 0 Å². The molecule has 3 aromatic carbocycles. The van der Waals surface area contributed by atoms with Crippen LogP contribution in [-0.4, -0.2) is 65.3 Å². The molecule has 2 aliphatic rings. The number of nitrogens with zero attached hydrogens (tertiary/aromatic N) is 1. The van der Waals surface area contributed by atoms with Crippen LogP contribution < -0.4 is 9.47 Å². The van der Waals surface area contributed by atoms with Crippen LogP contribution in [0.4, 0.5) is 0 Å². The van der Waals surface area contributed by atoms with Gasteiger partial charge in [-0.1, -0.05) is 30.3 Å². The molecule has 3 aromatic rings. The lowest BCUT2D eigenvalue weighted by Crippen LogP contribution is -2.35. The Morgan fingerprint density at radius 1 is 1.02 bits per heavy atom. The molecule has 0 radical (unpaired) electrons. The van der Waals surface area contributed by atoms with Crippen LogP contribution in [0, 0.1) is 5.92 Å². The highest BCUT2D eigenvalue weighted by Gasteiger charge is 2.22. The summed E-state index contributed by atoms with van der Waals surface area (Å²) in [6, 6.07) is 21.0. The number of hydrogen-bond donors (Lipinski definition) is 1. The van der Waals surface area contributed by atoms with Crippen LogP contribution in [0.3, 0.4) is 0 Å². The van der Waals surface area contributed by atoms with Crippen molar-refractivity contribution in [1.82, 2.24) is 4.90 Å². The van der Waals surface area contributed by atoms with Gasteiger partial charge in [0.2, 0.25) is 0 Å². The molecule has 1 saturated heterocycles. The summed E-state index contributed by atoms with van der Waals surface area (Å²) in [5.74, 6) is 2.46. The molecule has 41 heavy (non-hydrogen) atoms. The summed E-state index contributed by atoms with van der Waals surface area (Å²) >= 11 is 1.50. The number of aliphatic hydroxyl groups is 1. The van der Waals surface area contributed by atoms with Gasteiger partial charge in [-0.3, -0.25) is 4.21 Å². The Morgan fingerprint density at radius 3 is 2.49 bits per heavy atom. The second-order valence-corrected chi connectivity index (χ2v) is 12.2. The van der Waals surface area contributed by atoms with E-state index in [1.807, 2.05) is 6.07 Å². The molecule has 7 nitrogen and oxygen atoms in total. The van der Waals surface area contributed by atoms with Crippen molar-refractivity contribution in [2.45, 2.75) is 43.1 Å². The van der Waals surface area contributed by atoms with Gasteiger partial charge in [0.1, 0.15) is 18.1 Å². The summed E-state index contributed by atoms with van der Waals surface area (Å²) in [5, 5.41) is 10.2. The summed E-state index contributed by atoms with van der Waals surface area (Å²) < 4.78 is 38.0. The Bertz CT molecular complexity index is 1250. The van der Waals surface area contributed by atoms with Crippen molar-refractivity contribution < 1.29 is 28.1 Å². The normalized spacial score (nSPS) is 18.0. The maximum Gasteiger partial charge on any atom is 0.133 e. The SMILES string of the molecule is COCCOc1cc(CC2CCN(CCc3ccc4c(c3)C(O)CCO4)CC2)ccc1Br.O=S([O-])c1ccccc1. The smallest absolute Gasteiger partial charge is 0.133 e. The van der Waals surface area contributed by atoms with E-state index in [2.05, 4.69) is 51.2 Å². The minimum Gasteiger partial charge on any atom is -0.768 e. The number of rotatable bonds is 10. The van der Waals surface area contributed by atoms with Gasteiger partial charge in [0.15, 0.2) is 0 Å². The topological polar surface area (TPSA) is 91.3 Å². The summed E-state index contributed by atoms with van der Waals surface area (Å²) in [5.41, 5.74) is 3.58. The first-order valence-electron chi connectivity index (χ1n) is 14.1. The van der Waals surface area contributed by atoms with Gasteiger partial charge in [0.25, 0.3) is 0 Å². The second-order valence-electron chi connectivity index (χ2n) is 10.4. The van der Waals surface area contributed by atoms with E-state index in [0.29, 0.717) is 31.1 Å². The molecular weight excluding hydrogens is 606 g/mol. The van der Waals surface area contributed by atoms with Gasteiger partial charge >= 0.3 is 0 Å². The molecule has 9 heteroatoms. The number of methoxy groups -OCH3 is 1. The summed E-state index contributed by atoms with van der Waals surface area (Å²) in [4.78, 5) is 2.90. The predicted molar refractivity (Wildman–Crippen MR) is 163 cm³/mol. The van der Waals surface area contributed by atoms with Crippen molar-refractivity contribution in [2.24, 2.45) is 5.92 Å². The number of halogens is 1. The van der Waals surface area contributed by atoms with Crippen LogP contribution in [0.15, 0.2) is 76.1 Å². The summed E-state index contributed by atoms with van der Waals surface area (Å²) in [7, 11) is 1.69. The number of likely N-dealkylation sites (tertiary alicyclic amines) is 1. The van der Waals surface area contributed by atoms with E-state index in [1.165, 1.54) is 24.0 Å². The zero-order valence-corrected chi connectivity index (χ0v) is 25.9. The molecule has 0 aromatic heterocycles. The van der Waals surface area contributed by atoms with Gasteiger partial charge in [0, 0.05) is 30.5 Å². The van der Waals surface area contributed by atoms with Crippen LogP contribution in [-0.2, 0) is 28.7 Å². The van der Waals surface area contributed by atoms with Crippen LogP contribution in [0.1, 0.15) is 42.1 Å². The third-order valence-electron chi connectivity index (χ3n) is 7.51. The fourth-order valence-corrected chi connectivity index (χ4v) is 5.91. The molecule has 2 aliphatic heterocycles. The molecule has 1 N–H and O–H groups in total. The molecule has 1 fully saturated rings. The molecule has 222 valence electrons. The Morgan fingerprint density at radius 2 is 1.78 bits per heavy atom. The van der Waals surface area contributed by atoms with Crippen LogP contribution in [0.5, 0.6) is 11.5 Å². The summed E-state index contributed by atoms with van der Waals surface area (Å²) in [6.45, 7) is 5.12. The van der Waals surface area contributed by atoms with Crippen LogP contribution in [0.25, 0.3) is 0 Å². The molecule has 0 saturated carbocycles. The second kappa shape index (κ2) is 16.4. The van der Waals surface area contributed by atoms with Gasteiger partial charge in [0.05, 0.1) is 23.8 Å². The molecule has 0 spiro atoms. The number of fused-ring (bicyclic) bond motifs is 1. The summed E-state index contributed by atoms with van der Waals surface area (Å²) in [6.07, 6.45) is 4.87. The number of ether oxygens (including phenoxy) is 3. The van der Waals surface area contributed by atoms with Crippen LogP contribution >= 0.6 is 15.9 Å². The first kappa shape index (κ1) is 31.7. The third kappa shape index (κ3) is 9.91. The van der Waals surface area contributed by atoms with Gasteiger partial charge in [-0.05, 0) is 119 Å². The van der Waals surface area contributed by atoms with Gasteiger partial charge in [-0.2, -0.15) is 0 Å². The van der Waals surface area contributed by atoms with Gasteiger partial charge < -0.3 is 28.8 Å². The first-order valence-corrected chi connectivity index (χ1v) is 16.0. The van der Waals surface area contributed by atoms with E-state index < -0.39 is 11.1 Å². The van der Waals surface area contributed by atoms with E-state index in [-0.39, 0.29) is 6.10 Å². The largest absolute Gasteiger partial charge is 0.768 e. The van der Waals surface area contributed by atoms with Crippen molar-refractivity contribution in [3.63, 3.8) is 0 Å². The molecule has 0 amide bonds. The molecular formula is C32H39BrNO6S-. The Balaban J connectivity index is 0.000000367. The highest BCUT2D eigenvalue weighted by molar-refractivity contribution is 9.10. The standard InChI is InChI=1S/C26H34BrNO4.C6H6O2S/c1-30-14-15-32-26-18-21(2-4-23(26)27)16-20-7-11-28(12-8-20)10-6-19-3-5-25-22(17-19)24(29)9-13-31-25;7-9(8)6-4-2-1-3-5-6/h2-5,17-18,20,24,29H,6-16H2,1H3;1-5H,(H,7,8)/p-1. The zero-order valence-electron chi connectivity index (χ0n) is 23.5. The van der Waals surface area contributed by atoms with E-state index >= 15 is 0 Å². The lowest BCUT2D eigenvalue weighted by atomic mass is 9.90. The van der Waals surface area contributed by atoms with E-state index in [1.54, 1.807) is 37.4 Å². The van der Waals surface area contributed by atoms with Crippen molar-refractivity contribution in [3.05, 3.63) is 87.9 Å². The lowest BCUT2D eigenvalue weighted by Gasteiger charge is -2.32. The number of benzene rings is 3. The van der Waals surface area contributed by atoms with Gasteiger partial charge in [-0.25, -0.2) is 0 Å². The zero-order chi connectivity index (χ0) is 29.0. The number of aliphatic hydroxyl groups excluding tert-OH is 1. The molecule has 2 heterocycles. The minimum absolute atomic E-state index is 0.331. The Hall–Kier alpha value is -2.27. The van der Waals surface area contributed by atoms with Crippen molar-refractivity contribution in [3.8, 4) is 11.5 Å². The lowest BCUT2D eigenvalue weighted by molar-refractivity contribution is 0.115. The van der Waals surface area contributed by atoms with Crippen molar-refractivity contribution in [1.29, 1.82) is 0 Å². The quantitative estimate of drug-likeness (QED) is 0.223. The molecule has 2 unspecified atom stereocenters. The molecule has 0 aliphatic carbocycles. The van der Waals surface area contributed by atoms with E-state index in [9.17, 15) is 13.9 Å².